The molecule has 1 N–H and O–H groups in total. The molecule has 0 saturated carbocycles. The summed E-state index contributed by atoms with van der Waals surface area (Å²) in [6.45, 7) is 5.89. The minimum atomic E-state index is -0.101. The van der Waals surface area contributed by atoms with Crippen molar-refractivity contribution in [2.45, 2.75) is 32.2 Å². The van der Waals surface area contributed by atoms with Gasteiger partial charge < -0.3 is 14.6 Å². The van der Waals surface area contributed by atoms with Crippen molar-refractivity contribution in [3.8, 4) is 5.75 Å². The maximum atomic E-state index is 12.2. The lowest BCUT2D eigenvalue weighted by atomic mass is 10.1. The van der Waals surface area contributed by atoms with Gasteiger partial charge in [0.2, 0.25) is 5.91 Å². The van der Waals surface area contributed by atoms with Crippen molar-refractivity contribution >= 4 is 23.0 Å². The molecule has 0 aliphatic heterocycles. The minimum absolute atomic E-state index is 0.101. The molecule has 1 amide bonds. The summed E-state index contributed by atoms with van der Waals surface area (Å²) in [6.07, 6.45) is 8.69. The van der Waals surface area contributed by atoms with Crippen molar-refractivity contribution in [2.24, 2.45) is 0 Å². The Bertz CT molecular complexity index is 1310. The molecule has 5 heteroatoms. The van der Waals surface area contributed by atoms with Gasteiger partial charge in [-0.1, -0.05) is 66.7 Å². The zero-order chi connectivity index (χ0) is 25.0. The number of carbonyl (C=O) groups is 1. The van der Waals surface area contributed by atoms with Crippen LogP contribution < -0.4 is 10.1 Å². The molecule has 0 aliphatic carbocycles. The molecule has 0 bridgehead atoms. The molecular weight excluding hydrogens is 446 g/mol. The van der Waals surface area contributed by atoms with Gasteiger partial charge in [-0.2, -0.15) is 0 Å². The molecule has 4 aromatic rings. The highest BCUT2D eigenvalue weighted by Crippen LogP contribution is 2.20. The Morgan fingerprint density at radius 1 is 0.972 bits per heavy atom. The summed E-state index contributed by atoms with van der Waals surface area (Å²) < 4.78 is 8.32. The van der Waals surface area contributed by atoms with Gasteiger partial charge in [0.15, 0.2) is 0 Å². The number of imidazole rings is 1. The molecule has 4 rings (SSSR count). The molecule has 0 aliphatic rings. The Balaban J connectivity index is 1.30. The van der Waals surface area contributed by atoms with Gasteiger partial charge >= 0.3 is 0 Å². The van der Waals surface area contributed by atoms with Crippen molar-refractivity contribution in [1.82, 2.24) is 14.9 Å². The van der Waals surface area contributed by atoms with Crippen LogP contribution in [-0.4, -0.2) is 28.6 Å². The van der Waals surface area contributed by atoms with Gasteiger partial charge in [0.1, 0.15) is 11.6 Å². The number of aryl methyl sites for hydroxylation is 1. The van der Waals surface area contributed by atoms with E-state index in [0.717, 1.165) is 59.5 Å². The van der Waals surface area contributed by atoms with E-state index in [0.29, 0.717) is 19.6 Å². The van der Waals surface area contributed by atoms with E-state index >= 15 is 0 Å². The van der Waals surface area contributed by atoms with Crippen LogP contribution in [-0.2, 0) is 24.2 Å². The van der Waals surface area contributed by atoms with E-state index in [4.69, 9.17) is 9.72 Å². The fourth-order valence-electron chi connectivity index (χ4n) is 4.18. The predicted octanol–water partition coefficient (Wildman–Crippen LogP) is 6.00. The highest BCUT2D eigenvalue weighted by molar-refractivity contribution is 5.91. The number of benzene rings is 3. The minimum Gasteiger partial charge on any atom is -0.493 e. The molecule has 0 fully saturated rings. The quantitative estimate of drug-likeness (QED) is 0.145. The molecule has 1 aromatic heterocycles. The van der Waals surface area contributed by atoms with Crippen molar-refractivity contribution in [1.29, 1.82) is 0 Å². The molecule has 0 atom stereocenters. The lowest BCUT2D eigenvalue weighted by Crippen LogP contribution is -2.24. The number of fused-ring (bicyclic) bond motifs is 1. The van der Waals surface area contributed by atoms with E-state index in [-0.39, 0.29) is 5.91 Å². The summed E-state index contributed by atoms with van der Waals surface area (Å²) in [5, 5.41) is 2.98. The van der Waals surface area contributed by atoms with E-state index in [9.17, 15) is 4.79 Å². The number of hydrogen-bond acceptors (Lipinski definition) is 3. The number of ether oxygens (including phenoxy) is 1. The van der Waals surface area contributed by atoms with Gasteiger partial charge in [-0.25, -0.2) is 4.98 Å². The number of amides is 1. The summed E-state index contributed by atoms with van der Waals surface area (Å²) >= 11 is 0. The van der Waals surface area contributed by atoms with E-state index in [1.165, 1.54) is 0 Å². The molecule has 0 unspecified atom stereocenters. The third kappa shape index (κ3) is 6.95. The maximum absolute atomic E-state index is 12.2. The second-order valence-electron chi connectivity index (χ2n) is 8.61. The Kier molecular flexibility index (Phi) is 9.09. The molecule has 0 saturated heterocycles. The topological polar surface area (TPSA) is 56.1 Å². The van der Waals surface area contributed by atoms with Gasteiger partial charge in [-0.15, -0.1) is 6.58 Å². The molecule has 36 heavy (non-hydrogen) atoms. The smallest absolute Gasteiger partial charge is 0.244 e. The number of nitrogens with one attached hydrogen (secondary N) is 1. The number of nitrogens with zero attached hydrogens (tertiary/aromatic N) is 2. The lowest BCUT2D eigenvalue weighted by molar-refractivity contribution is -0.116. The zero-order valence-corrected chi connectivity index (χ0v) is 20.6. The number of hydrogen-bond donors (Lipinski definition) is 1. The molecular formula is C31H33N3O2. The van der Waals surface area contributed by atoms with Crippen molar-refractivity contribution < 1.29 is 9.53 Å². The molecule has 1 heterocycles. The fraction of sp³-hybridized carbons (Fsp3) is 0.226. The van der Waals surface area contributed by atoms with Crippen LogP contribution in [0.15, 0.2) is 97.6 Å². The Morgan fingerprint density at radius 3 is 2.61 bits per heavy atom. The Morgan fingerprint density at radius 2 is 1.75 bits per heavy atom. The number of allylic oxidation sites excluding steroid dienone is 1. The number of unbranched alkanes of at least 4 members (excludes halogenated alkanes) is 1. The first kappa shape index (κ1) is 25.0. The number of para-hydroxylation sites is 3. The standard InChI is InChI=1S/C31H33N3O2/c1-2-12-26-15-6-9-18-29(26)36-24-11-10-23-34-28-17-8-7-16-27(28)33-30(34)21-22-32-31(35)20-19-25-13-4-3-5-14-25/h2-9,13-20H,1,10-12,21-24H2,(H,32,35)/b20-19+. The maximum Gasteiger partial charge on any atom is 0.244 e. The molecule has 0 spiro atoms. The van der Waals surface area contributed by atoms with E-state index in [2.05, 4.69) is 28.6 Å². The lowest BCUT2D eigenvalue weighted by Gasteiger charge is -2.12. The highest BCUT2D eigenvalue weighted by atomic mass is 16.5. The second kappa shape index (κ2) is 13.1. The average Bonchev–Trinajstić information content (AvgIpc) is 3.26. The van der Waals surface area contributed by atoms with Gasteiger partial charge in [0, 0.05) is 25.6 Å². The van der Waals surface area contributed by atoms with Crippen LogP contribution in [0.2, 0.25) is 0 Å². The average molecular weight is 480 g/mol. The first-order chi connectivity index (χ1) is 17.7. The van der Waals surface area contributed by atoms with Crippen LogP contribution in [0.1, 0.15) is 29.8 Å². The number of carbonyl (C=O) groups excluding carboxylic acids is 1. The van der Waals surface area contributed by atoms with Crippen LogP contribution >= 0.6 is 0 Å². The largest absolute Gasteiger partial charge is 0.493 e. The summed E-state index contributed by atoms with van der Waals surface area (Å²) in [5.74, 6) is 1.82. The Hall–Kier alpha value is -4.12. The van der Waals surface area contributed by atoms with E-state index in [1.807, 2.05) is 78.9 Å². The van der Waals surface area contributed by atoms with Gasteiger partial charge in [0.25, 0.3) is 0 Å². The van der Waals surface area contributed by atoms with E-state index in [1.54, 1.807) is 6.08 Å². The number of rotatable bonds is 13. The van der Waals surface area contributed by atoms with Gasteiger partial charge in [0.05, 0.1) is 17.6 Å². The summed E-state index contributed by atoms with van der Waals surface area (Å²) in [4.78, 5) is 17.1. The van der Waals surface area contributed by atoms with Crippen molar-refractivity contribution in [3.05, 3.63) is 115 Å². The first-order valence-corrected chi connectivity index (χ1v) is 12.5. The molecule has 3 aromatic carbocycles. The van der Waals surface area contributed by atoms with E-state index < -0.39 is 0 Å². The predicted molar refractivity (Wildman–Crippen MR) is 147 cm³/mol. The molecule has 0 radical (unpaired) electrons. The van der Waals surface area contributed by atoms with Crippen LogP contribution in [0.5, 0.6) is 5.75 Å². The third-order valence-electron chi connectivity index (χ3n) is 5.98. The highest BCUT2D eigenvalue weighted by Gasteiger charge is 2.10. The zero-order valence-electron chi connectivity index (χ0n) is 20.6. The first-order valence-electron chi connectivity index (χ1n) is 12.5. The third-order valence-corrected chi connectivity index (χ3v) is 5.98. The second-order valence-corrected chi connectivity index (χ2v) is 8.61. The van der Waals surface area contributed by atoms with Gasteiger partial charge in [-0.3, -0.25) is 4.79 Å². The van der Waals surface area contributed by atoms with Gasteiger partial charge in [-0.05, 0) is 54.7 Å². The molecule has 5 nitrogen and oxygen atoms in total. The van der Waals surface area contributed by atoms with Crippen LogP contribution in [0, 0.1) is 0 Å². The van der Waals surface area contributed by atoms with Crippen molar-refractivity contribution in [2.75, 3.05) is 13.2 Å². The van der Waals surface area contributed by atoms with Crippen LogP contribution in [0.25, 0.3) is 17.1 Å². The monoisotopic (exact) mass is 479 g/mol. The summed E-state index contributed by atoms with van der Waals surface area (Å²) in [7, 11) is 0. The van der Waals surface area contributed by atoms with Crippen molar-refractivity contribution in [3.63, 3.8) is 0 Å². The summed E-state index contributed by atoms with van der Waals surface area (Å²) in [5.41, 5.74) is 4.27. The van der Waals surface area contributed by atoms with Crippen LogP contribution in [0.3, 0.4) is 0 Å². The Labute approximate surface area is 213 Å². The molecule has 184 valence electrons. The summed E-state index contributed by atoms with van der Waals surface area (Å²) in [6, 6.07) is 26.1. The normalized spacial score (nSPS) is 11.1. The number of aromatic nitrogens is 2. The SMILES string of the molecule is C=CCc1ccccc1OCCCCn1c(CCNC(=O)/C=C/c2ccccc2)nc2ccccc21. The van der Waals surface area contributed by atoms with Crippen LogP contribution in [0.4, 0.5) is 0 Å². The fourth-order valence-corrected chi connectivity index (χ4v) is 4.18.